The summed E-state index contributed by atoms with van der Waals surface area (Å²) >= 11 is 0. The standard InChI is InChI=1S/C16H20O6S2/c1-9(2)13-11-7-5-6-8-12(11)15(23(17,18)19)16(24(20,21)22)14(13)10(3)4/h5-10H,1-4H3,(H,17,18,19)(H,20,21,22). The van der Waals surface area contributed by atoms with Gasteiger partial charge in [0.25, 0.3) is 20.2 Å². The third-order valence-corrected chi connectivity index (χ3v) is 5.88. The fourth-order valence-corrected chi connectivity index (χ4v) is 5.54. The van der Waals surface area contributed by atoms with Crippen LogP contribution in [-0.2, 0) is 20.2 Å². The minimum Gasteiger partial charge on any atom is -0.282 e. The Kier molecular flexibility index (Phi) is 4.80. The van der Waals surface area contributed by atoms with E-state index in [9.17, 15) is 25.9 Å². The van der Waals surface area contributed by atoms with Crippen LogP contribution in [0.2, 0.25) is 0 Å². The van der Waals surface area contributed by atoms with Crippen molar-refractivity contribution in [3.05, 3.63) is 35.4 Å². The normalized spacial score (nSPS) is 13.2. The van der Waals surface area contributed by atoms with Crippen LogP contribution in [0.15, 0.2) is 34.1 Å². The fourth-order valence-electron chi connectivity index (χ4n) is 3.14. The van der Waals surface area contributed by atoms with Crippen molar-refractivity contribution in [1.29, 1.82) is 0 Å². The van der Waals surface area contributed by atoms with Gasteiger partial charge in [0.2, 0.25) is 0 Å². The number of hydrogen-bond acceptors (Lipinski definition) is 4. The maximum atomic E-state index is 12.0. The first kappa shape index (κ1) is 18.9. The van der Waals surface area contributed by atoms with Gasteiger partial charge in [-0.05, 0) is 28.3 Å². The highest BCUT2D eigenvalue weighted by Gasteiger charge is 2.34. The molecular weight excluding hydrogens is 352 g/mol. The first-order valence-corrected chi connectivity index (χ1v) is 10.3. The Labute approximate surface area is 142 Å². The molecule has 0 unspecified atom stereocenters. The first-order valence-electron chi connectivity index (χ1n) is 7.40. The summed E-state index contributed by atoms with van der Waals surface area (Å²) in [5.41, 5.74) is 0.847. The van der Waals surface area contributed by atoms with Crippen LogP contribution in [0.3, 0.4) is 0 Å². The summed E-state index contributed by atoms with van der Waals surface area (Å²) in [6.45, 7) is 7.12. The van der Waals surface area contributed by atoms with Gasteiger partial charge in [-0.2, -0.15) is 16.8 Å². The maximum Gasteiger partial charge on any atom is 0.296 e. The quantitative estimate of drug-likeness (QED) is 0.794. The molecule has 8 heteroatoms. The molecule has 0 fully saturated rings. The van der Waals surface area contributed by atoms with Gasteiger partial charge in [0.1, 0.15) is 9.79 Å². The lowest BCUT2D eigenvalue weighted by Crippen LogP contribution is -2.16. The van der Waals surface area contributed by atoms with Gasteiger partial charge in [0, 0.05) is 5.39 Å². The SMILES string of the molecule is CC(C)c1c(S(=O)(=O)O)c(S(=O)(=O)O)c2ccccc2c1C(C)C. The van der Waals surface area contributed by atoms with Crippen molar-refractivity contribution >= 4 is 31.0 Å². The van der Waals surface area contributed by atoms with Crippen molar-refractivity contribution < 1.29 is 25.9 Å². The van der Waals surface area contributed by atoms with E-state index in [0.717, 1.165) is 0 Å². The van der Waals surface area contributed by atoms with Gasteiger partial charge in [-0.25, -0.2) is 0 Å². The lowest BCUT2D eigenvalue weighted by Gasteiger charge is -2.24. The third-order valence-electron chi connectivity index (χ3n) is 3.87. The predicted octanol–water partition coefficient (Wildman–Crippen LogP) is 3.58. The van der Waals surface area contributed by atoms with E-state index in [1.807, 2.05) is 13.8 Å². The molecule has 24 heavy (non-hydrogen) atoms. The van der Waals surface area contributed by atoms with E-state index in [1.165, 1.54) is 6.07 Å². The third kappa shape index (κ3) is 3.19. The molecule has 2 rings (SSSR count). The molecule has 0 aliphatic carbocycles. The summed E-state index contributed by atoms with van der Waals surface area (Å²) in [4.78, 5) is -1.50. The first-order chi connectivity index (χ1) is 10.9. The lowest BCUT2D eigenvalue weighted by molar-refractivity contribution is 0.465. The smallest absolute Gasteiger partial charge is 0.282 e. The van der Waals surface area contributed by atoms with Crippen molar-refractivity contribution in [3.63, 3.8) is 0 Å². The van der Waals surface area contributed by atoms with E-state index in [2.05, 4.69) is 0 Å². The van der Waals surface area contributed by atoms with Gasteiger partial charge >= 0.3 is 0 Å². The van der Waals surface area contributed by atoms with E-state index < -0.39 is 30.0 Å². The minimum atomic E-state index is -4.88. The second-order valence-corrected chi connectivity index (χ2v) is 9.01. The Bertz CT molecular complexity index is 1000. The van der Waals surface area contributed by atoms with Crippen LogP contribution >= 0.6 is 0 Å². The van der Waals surface area contributed by atoms with Crippen LogP contribution in [0.5, 0.6) is 0 Å². The van der Waals surface area contributed by atoms with Crippen LogP contribution in [0.25, 0.3) is 10.8 Å². The summed E-state index contributed by atoms with van der Waals surface area (Å²) < 4.78 is 67.3. The molecule has 0 spiro atoms. The van der Waals surface area contributed by atoms with Gasteiger partial charge in [-0.15, -0.1) is 0 Å². The van der Waals surface area contributed by atoms with E-state index in [4.69, 9.17) is 0 Å². The summed E-state index contributed by atoms with van der Waals surface area (Å²) in [5, 5.41) is 0.608. The van der Waals surface area contributed by atoms with Gasteiger partial charge < -0.3 is 0 Å². The molecule has 0 amide bonds. The second kappa shape index (κ2) is 6.11. The van der Waals surface area contributed by atoms with E-state index in [0.29, 0.717) is 10.9 Å². The fraction of sp³-hybridized carbons (Fsp3) is 0.375. The summed E-state index contributed by atoms with van der Waals surface area (Å²) in [7, 11) is -9.76. The van der Waals surface area contributed by atoms with Crippen LogP contribution < -0.4 is 0 Å². The van der Waals surface area contributed by atoms with Crippen molar-refractivity contribution in [1.82, 2.24) is 0 Å². The molecule has 0 aliphatic rings. The topological polar surface area (TPSA) is 109 Å². The zero-order valence-corrected chi connectivity index (χ0v) is 15.4. The van der Waals surface area contributed by atoms with Crippen LogP contribution in [0.1, 0.15) is 50.7 Å². The van der Waals surface area contributed by atoms with Gasteiger partial charge in [0.15, 0.2) is 0 Å². The van der Waals surface area contributed by atoms with Crippen LogP contribution in [-0.4, -0.2) is 25.9 Å². The highest BCUT2D eigenvalue weighted by molar-refractivity contribution is 7.89. The number of benzene rings is 2. The Morgan fingerprint density at radius 3 is 1.50 bits per heavy atom. The summed E-state index contributed by atoms with van der Waals surface area (Å²) in [6.07, 6.45) is 0. The van der Waals surface area contributed by atoms with Crippen molar-refractivity contribution in [3.8, 4) is 0 Å². The number of fused-ring (bicyclic) bond motifs is 1. The lowest BCUT2D eigenvalue weighted by atomic mass is 9.86. The van der Waals surface area contributed by atoms with E-state index >= 15 is 0 Å². The Balaban J connectivity index is 3.36. The van der Waals surface area contributed by atoms with Gasteiger partial charge in [0.05, 0.1) is 0 Å². The van der Waals surface area contributed by atoms with E-state index in [1.54, 1.807) is 32.0 Å². The van der Waals surface area contributed by atoms with Crippen LogP contribution in [0.4, 0.5) is 0 Å². The Morgan fingerprint density at radius 2 is 1.12 bits per heavy atom. The summed E-state index contributed by atoms with van der Waals surface area (Å²) in [6, 6.07) is 6.35. The van der Waals surface area contributed by atoms with E-state index in [-0.39, 0.29) is 22.8 Å². The number of rotatable bonds is 4. The average Bonchev–Trinajstić information content (AvgIpc) is 2.41. The highest BCUT2D eigenvalue weighted by atomic mass is 32.2. The second-order valence-electron chi connectivity index (χ2n) is 6.29. The molecule has 6 nitrogen and oxygen atoms in total. The maximum absolute atomic E-state index is 12.0. The zero-order valence-electron chi connectivity index (χ0n) is 13.8. The highest BCUT2D eigenvalue weighted by Crippen LogP contribution is 2.42. The van der Waals surface area contributed by atoms with Gasteiger partial charge in [-0.1, -0.05) is 52.0 Å². The molecule has 0 saturated carbocycles. The average molecular weight is 372 g/mol. The molecule has 2 N–H and O–H groups in total. The van der Waals surface area contributed by atoms with Crippen molar-refractivity contribution in [2.75, 3.05) is 0 Å². The molecular formula is C16H20O6S2. The van der Waals surface area contributed by atoms with Gasteiger partial charge in [-0.3, -0.25) is 9.11 Å². The molecule has 2 aromatic rings. The molecule has 132 valence electrons. The molecule has 0 radical (unpaired) electrons. The largest absolute Gasteiger partial charge is 0.296 e. The molecule has 0 saturated heterocycles. The molecule has 0 bridgehead atoms. The minimum absolute atomic E-state index is 0.0701. The Morgan fingerprint density at radius 1 is 0.708 bits per heavy atom. The molecule has 0 heterocycles. The molecule has 2 aromatic carbocycles. The van der Waals surface area contributed by atoms with Crippen LogP contribution in [0, 0.1) is 0 Å². The summed E-state index contributed by atoms with van der Waals surface area (Å²) in [5.74, 6) is -0.507. The predicted molar refractivity (Wildman–Crippen MR) is 91.8 cm³/mol. The zero-order chi connectivity index (χ0) is 18.4. The monoisotopic (exact) mass is 372 g/mol. The molecule has 0 aromatic heterocycles. The number of hydrogen-bond donors (Lipinski definition) is 2. The Hall–Kier alpha value is -1.48. The van der Waals surface area contributed by atoms with Crippen molar-refractivity contribution in [2.24, 2.45) is 0 Å². The van der Waals surface area contributed by atoms with Crippen molar-refractivity contribution in [2.45, 2.75) is 49.3 Å². The molecule has 0 atom stereocenters. The molecule has 0 aliphatic heterocycles.